The lowest BCUT2D eigenvalue weighted by atomic mass is 9.93. The van der Waals surface area contributed by atoms with Crippen molar-refractivity contribution in [3.63, 3.8) is 0 Å². The first-order valence-corrected chi connectivity index (χ1v) is 8.72. The van der Waals surface area contributed by atoms with Gasteiger partial charge in [-0.3, -0.25) is 9.69 Å². The zero-order valence-electron chi connectivity index (χ0n) is 14.4. The molecule has 1 fully saturated rings. The van der Waals surface area contributed by atoms with Gasteiger partial charge in [0.2, 0.25) is 0 Å². The lowest BCUT2D eigenvalue weighted by molar-refractivity contribution is -0.110. The molecular formula is C21H22N2O2. The summed E-state index contributed by atoms with van der Waals surface area (Å²) < 4.78 is 5.32. The van der Waals surface area contributed by atoms with Gasteiger partial charge in [-0.2, -0.15) is 0 Å². The van der Waals surface area contributed by atoms with Crippen molar-refractivity contribution in [2.45, 2.75) is 19.4 Å². The molecule has 4 nitrogen and oxygen atoms in total. The number of amides is 1. The van der Waals surface area contributed by atoms with E-state index in [1.54, 1.807) is 7.11 Å². The molecule has 0 unspecified atom stereocenters. The Labute approximate surface area is 148 Å². The van der Waals surface area contributed by atoms with Crippen molar-refractivity contribution in [2.75, 3.05) is 25.5 Å². The maximum Gasteiger partial charge on any atom is 0.256 e. The predicted octanol–water partition coefficient (Wildman–Crippen LogP) is 3.70. The third-order valence-corrected chi connectivity index (χ3v) is 5.03. The quantitative estimate of drug-likeness (QED) is 0.870. The molecule has 4 rings (SSSR count). The number of hydrogen-bond acceptors (Lipinski definition) is 3. The van der Waals surface area contributed by atoms with Crippen LogP contribution in [0, 0.1) is 0 Å². The predicted molar refractivity (Wildman–Crippen MR) is 99.5 cm³/mol. The number of hydrogen-bond donors (Lipinski definition) is 1. The van der Waals surface area contributed by atoms with E-state index in [0.29, 0.717) is 0 Å². The fourth-order valence-electron chi connectivity index (χ4n) is 3.70. The third-order valence-electron chi connectivity index (χ3n) is 5.03. The number of nitrogens with one attached hydrogen (secondary N) is 1. The molecule has 0 atom stereocenters. The summed E-state index contributed by atoms with van der Waals surface area (Å²) in [5.74, 6) is 0.810. The Morgan fingerprint density at radius 1 is 1.08 bits per heavy atom. The first-order chi connectivity index (χ1) is 12.2. The molecule has 1 N–H and O–H groups in total. The lowest BCUT2D eigenvalue weighted by Gasteiger charge is -2.29. The van der Waals surface area contributed by atoms with Crippen molar-refractivity contribution in [1.29, 1.82) is 0 Å². The van der Waals surface area contributed by atoms with E-state index in [1.165, 1.54) is 11.1 Å². The van der Waals surface area contributed by atoms with Crippen molar-refractivity contribution in [1.82, 2.24) is 4.90 Å². The number of likely N-dealkylation sites (tertiary alicyclic amines) is 1. The van der Waals surface area contributed by atoms with Crippen molar-refractivity contribution in [3.05, 3.63) is 65.2 Å². The van der Waals surface area contributed by atoms with E-state index in [2.05, 4.69) is 34.5 Å². The Morgan fingerprint density at radius 2 is 1.84 bits per heavy atom. The molecule has 25 heavy (non-hydrogen) atoms. The molecule has 0 aliphatic carbocycles. The number of methoxy groups -OCH3 is 1. The summed E-state index contributed by atoms with van der Waals surface area (Å²) in [5.41, 5.74) is 5.32. The topological polar surface area (TPSA) is 41.6 Å². The fraction of sp³-hybridized carbons (Fsp3) is 0.286. The molecule has 0 radical (unpaired) electrons. The molecule has 1 saturated heterocycles. The highest BCUT2D eigenvalue weighted by molar-refractivity contribution is 6.32. The minimum absolute atomic E-state index is 0.0229. The zero-order chi connectivity index (χ0) is 17.2. The van der Waals surface area contributed by atoms with Crippen molar-refractivity contribution in [2.24, 2.45) is 0 Å². The normalized spacial score (nSPS) is 17.4. The van der Waals surface area contributed by atoms with E-state index in [1.807, 2.05) is 24.3 Å². The van der Waals surface area contributed by atoms with Crippen LogP contribution in [0.4, 0.5) is 5.69 Å². The molecule has 2 aromatic carbocycles. The number of anilines is 1. The lowest BCUT2D eigenvalue weighted by Crippen LogP contribution is -2.30. The Morgan fingerprint density at radius 3 is 2.56 bits per heavy atom. The Kier molecular flexibility index (Phi) is 4.28. The summed E-state index contributed by atoms with van der Waals surface area (Å²) in [4.78, 5) is 14.9. The molecule has 2 aromatic rings. The van der Waals surface area contributed by atoms with Gasteiger partial charge in [0, 0.05) is 36.5 Å². The Bertz CT molecular complexity index is 817. The standard InChI is InChI=1S/C21H22N2O2/c1-25-17-7-8-19-18(13-17)20(21(24)22-19)16-9-11-23(12-10-16)14-15-5-3-2-4-6-15/h2-8,13H,9-12,14H2,1H3,(H,22,24). The number of piperidine rings is 1. The number of fused-ring (bicyclic) bond motifs is 1. The van der Waals surface area contributed by atoms with E-state index in [9.17, 15) is 4.79 Å². The Balaban J connectivity index is 1.53. The van der Waals surface area contributed by atoms with Crippen LogP contribution in [0.25, 0.3) is 5.57 Å². The van der Waals surface area contributed by atoms with Crippen LogP contribution in [0.2, 0.25) is 0 Å². The van der Waals surface area contributed by atoms with Crippen LogP contribution in [-0.2, 0) is 11.3 Å². The van der Waals surface area contributed by atoms with Gasteiger partial charge in [0.05, 0.1) is 7.11 Å². The van der Waals surface area contributed by atoms with Crippen molar-refractivity contribution < 1.29 is 9.53 Å². The van der Waals surface area contributed by atoms with Crippen LogP contribution >= 0.6 is 0 Å². The molecule has 4 heteroatoms. The molecule has 1 amide bonds. The molecule has 2 aliphatic rings. The van der Waals surface area contributed by atoms with Gasteiger partial charge in [0.25, 0.3) is 5.91 Å². The van der Waals surface area contributed by atoms with Crippen LogP contribution in [0.3, 0.4) is 0 Å². The van der Waals surface area contributed by atoms with E-state index >= 15 is 0 Å². The molecule has 0 saturated carbocycles. The van der Waals surface area contributed by atoms with Crippen LogP contribution in [-0.4, -0.2) is 31.0 Å². The zero-order valence-corrected chi connectivity index (χ0v) is 14.4. The molecule has 2 heterocycles. The number of rotatable bonds is 3. The van der Waals surface area contributed by atoms with Gasteiger partial charge < -0.3 is 10.1 Å². The first kappa shape index (κ1) is 15.9. The van der Waals surface area contributed by atoms with E-state index in [-0.39, 0.29) is 5.91 Å². The average Bonchev–Trinajstić information content (AvgIpc) is 2.98. The molecule has 2 aliphatic heterocycles. The van der Waals surface area contributed by atoms with Gasteiger partial charge in [-0.15, -0.1) is 0 Å². The maximum absolute atomic E-state index is 12.5. The van der Waals surface area contributed by atoms with E-state index in [4.69, 9.17) is 4.74 Å². The van der Waals surface area contributed by atoms with Gasteiger partial charge in [0.15, 0.2) is 0 Å². The molecule has 0 bridgehead atoms. The number of carbonyl (C=O) groups is 1. The van der Waals surface area contributed by atoms with Crippen LogP contribution in [0.1, 0.15) is 24.0 Å². The summed E-state index contributed by atoms with van der Waals surface area (Å²) in [6, 6.07) is 16.3. The van der Waals surface area contributed by atoms with E-state index in [0.717, 1.165) is 55.0 Å². The van der Waals surface area contributed by atoms with Crippen LogP contribution in [0.15, 0.2) is 54.1 Å². The van der Waals surface area contributed by atoms with Gasteiger partial charge >= 0.3 is 0 Å². The van der Waals surface area contributed by atoms with Gasteiger partial charge in [-0.25, -0.2) is 0 Å². The molecule has 128 valence electrons. The molecule has 0 spiro atoms. The summed E-state index contributed by atoms with van der Waals surface area (Å²) in [7, 11) is 1.65. The summed E-state index contributed by atoms with van der Waals surface area (Å²) in [6.45, 7) is 2.95. The number of carbonyl (C=O) groups excluding carboxylic acids is 1. The summed E-state index contributed by atoms with van der Waals surface area (Å²) >= 11 is 0. The van der Waals surface area contributed by atoms with Gasteiger partial charge in [-0.05, 0) is 36.6 Å². The second-order valence-electron chi connectivity index (χ2n) is 6.61. The minimum Gasteiger partial charge on any atom is -0.497 e. The average molecular weight is 334 g/mol. The highest BCUT2D eigenvalue weighted by atomic mass is 16.5. The summed E-state index contributed by atoms with van der Waals surface area (Å²) in [5, 5.41) is 2.98. The number of nitrogens with zero attached hydrogens (tertiary/aromatic N) is 1. The molecule has 0 aromatic heterocycles. The van der Waals surface area contributed by atoms with Crippen LogP contribution < -0.4 is 10.1 Å². The van der Waals surface area contributed by atoms with Crippen molar-refractivity contribution in [3.8, 4) is 5.75 Å². The van der Waals surface area contributed by atoms with E-state index < -0.39 is 0 Å². The second kappa shape index (κ2) is 6.73. The van der Waals surface area contributed by atoms with Gasteiger partial charge in [0.1, 0.15) is 5.75 Å². The monoisotopic (exact) mass is 334 g/mol. The summed E-state index contributed by atoms with van der Waals surface area (Å²) in [6.07, 6.45) is 1.87. The highest BCUT2D eigenvalue weighted by Gasteiger charge is 2.29. The number of benzene rings is 2. The van der Waals surface area contributed by atoms with Crippen LogP contribution in [0.5, 0.6) is 5.75 Å². The first-order valence-electron chi connectivity index (χ1n) is 8.72. The SMILES string of the molecule is COc1ccc2c(c1)C(=C1CCN(Cc3ccccc3)CC1)C(=O)N2. The minimum atomic E-state index is 0.0229. The Hall–Kier alpha value is -2.59. The third kappa shape index (κ3) is 3.17. The largest absolute Gasteiger partial charge is 0.497 e. The van der Waals surface area contributed by atoms with Gasteiger partial charge in [-0.1, -0.05) is 35.9 Å². The fourth-order valence-corrected chi connectivity index (χ4v) is 3.70. The second-order valence-corrected chi connectivity index (χ2v) is 6.61. The highest BCUT2D eigenvalue weighted by Crippen LogP contribution is 2.38. The molecular weight excluding hydrogens is 312 g/mol. The maximum atomic E-state index is 12.5. The smallest absolute Gasteiger partial charge is 0.256 e. The van der Waals surface area contributed by atoms with Crippen molar-refractivity contribution >= 4 is 17.2 Å². The number of ether oxygens (including phenoxy) is 1.